The Balaban J connectivity index is 1.75. The lowest BCUT2D eigenvalue weighted by Gasteiger charge is -2.29. The molecule has 2 aromatic rings. The van der Waals surface area contributed by atoms with Gasteiger partial charge in [-0.15, -0.1) is 10.2 Å². The number of hydrogen-bond acceptors (Lipinski definition) is 6. The SMILES string of the molecule is COc1cc2c(cc1OC)CN(C(=O)c1ccc(NC(C)(C)C)nn1)CC2. The van der Waals surface area contributed by atoms with E-state index < -0.39 is 0 Å². The highest BCUT2D eigenvalue weighted by atomic mass is 16.5. The summed E-state index contributed by atoms with van der Waals surface area (Å²) in [5.41, 5.74) is 2.47. The Morgan fingerprint density at radius 2 is 1.74 bits per heavy atom. The van der Waals surface area contributed by atoms with Gasteiger partial charge in [-0.1, -0.05) is 0 Å². The maximum Gasteiger partial charge on any atom is 0.274 e. The molecular weight excluding hydrogens is 344 g/mol. The molecule has 1 aliphatic rings. The van der Waals surface area contributed by atoms with Gasteiger partial charge < -0.3 is 19.7 Å². The topological polar surface area (TPSA) is 76.6 Å². The number of rotatable bonds is 4. The van der Waals surface area contributed by atoms with Crippen molar-refractivity contribution >= 4 is 11.7 Å². The lowest BCUT2D eigenvalue weighted by atomic mass is 9.98. The highest BCUT2D eigenvalue weighted by Crippen LogP contribution is 2.33. The molecule has 0 radical (unpaired) electrons. The third kappa shape index (κ3) is 4.30. The third-order valence-corrected chi connectivity index (χ3v) is 4.39. The highest BCUT2D eigenvalue weighted by molar-refractivity contribution is 5.92. The minimum atomic E-state index is -0.120. The zero-order valence-electron chi connectivity index (χ0n) is 16.5. The van der Waals surface area contributed by atoms with Crippen molar-refractivity contribution in [3.8, 4) is 11.5 Å². The summed E-state index contributed by atoms with van der Waals surface area (Å²) < 4.78 is 10.7. The second-order valence-corrected chi connectivity index (χ2v) is 7.63. The average molecular weight is 370 g/mol. The molecule has 0 saturated carbocycles. The van der Waals surface area contributed by atoms with Crippen LogP contribution in [0.25, 0.3) is 0 Å². The van der Waals surface area contributed by atoms with E-state index in [-0.39, 0.29) is 11.4 Å². The molecule has 0 atom stereocenters. The van der Waals surface area contributed by atoms with Gasteiger partial charge in [-0.2, -0.15) is 0 Å². The maximum absolute atomic E-state index is 12.8. The van der Waals surface area contributed by atoms with E-state index in [1.54, 1.807) is 31.3 Å². The minimum absolute atomic E-state index is 0.114. The fraction of sp³-hybridized carbons (Fsp3) is 0.450. The van der Waals surface area contributed by atoms with Gasteiger partial charge in [0.1, 0.15) is 5.82 Å². The van der Waals surface area contributed by atoms with Crippen molar-refractivity contribution in [2.24, 2.45) is 0 Å². The van der Waals surface area contributed by atoms with Crippen molar-refractivity contribution in [1.82, 2.24) is 15.1 Å². The van der Waals surface area contributed by atoms with E-state index in [2.05, 4.69) is 15.5 Å². The van der Waals surface area contributed by atoms with Gasteiger partial charge in [0.25, 0.3) is 5.91 Å². The van der Waals surface area contributed by atoms with E-state index >= 15 is 0 Å². The molecule has 1 aliphatic heterocycles. The molecule has 0 saturated heterocycles. The van der Waals surface area contributed by atoms with Crippen molar-refractivity contribution in [1.29, 1.82) is 0 Å². The fourth-order valence-corrected chi connectivity index (χ4v) is 3.12. The molecule has 1 aromatic heterocycles. The molecule has 0 fully saturated rings. The molecule has 144 valence electrons. The monoisotopic (exact) mass is 370 g/mol. The number of benzene rings is 1. The van der Waals surface area contributed by atoms with E-state index in [1.807, 2.05) is 32.9 Å². The molecule has 27 heavy (non-hydrogen) atoms. The first kappa shape index (κ1) is 18.9. The minimum Gasteiger partial charge on any atom is -0.493 e. The van der Waals surface area contributed by atoms with Crippen LogP contribution in [0.5, 0.6) is 11.5 Å². The smallest absolute Gasteiger partial charge is 0.274 e. The van der Waals surface area contributed by atoms with Crippen LogP contribution in [0.2, 0.25) is 0 Å². The van der Waals surface area contributed by atoms with Crippen LogP contribution in [0, 0.1) is 0 Å². The van der Waals surface area contributed by atoms with Crippen LogP contribution in [-0.2, 0) is 13.0 Å². The van der Waals surface area contributed by atoms with Gasteiger partial charge in [-0.25, -0.2) is 0 Å². The van der Waals surface area contributed by atoms with Crippen molar-refractivity contribution in [2.45, 2.75) is 39.3 Å². The molecule has 7 heteroatoms. The summed E-state index contributed by atoms with van der Waals surface area (Å²) in [4.78, 5) is 14.6. The maximum atomic E-state index is 12.8. The number of ether oxygens (including phenoxy) is 2. The van der Waals surface area contributed by atoms with Crippen molar-refractivity contribution in [2.75, 3.05) is 26.1 Å². The molecule has 7 nitrogen and oxygen atoms in total. The number of nitrogens with one attached hydrogen (secondary N) is 1. The molecule has 1 aromatic carbocycles. The predicted molar refractivity (Wildman–Crippen MR) is 103 cm³/mol. The number of methoxy groups -OCH3 is 2. The van der Waals surface area contributed by atoms with Crippen molar-refractivity contribution in [3.63, 3.8) is 0 Å². The highest BCUT2D eigenvalue weighted by Gasteiger charge is 2.25. The number of anilines is 1. The van der Waals surface area contributed by atoms with E-state index in [1.165, 1.54) is 5.56 Å². The number of carbonyl (C=O) groups excluding carboxylic acids is 1. The first-order valence-corrected chi connectivity index (χ1v) is 8.95. The second-order valence-electron chi connectivity index (χ2n) is 7.63. The largest absolute Gasteiger partial charge is 0.493 e. The van der Waals surface area contributed by atoms with Gasteiger partial charge in [-0.05, 0) is 62.6 Å². The van der Waals surface area contributed by atoms with E-state index in [4.69, 9.17) is 9.47 Å². The number of amides is 1. The fourth-order valence-electron chi connectivity index (χ4n) is 3.12. The number of hydrogen-bond donors (Lipinski definition) is 1. The van der Waals surface area contributed by atoms with Crippen LogP contribution in [0.4, 0.5) is 5.82 Å². The van der Waals surface area contributed by atoms with Crippen molar-refractivity contribution < 1.29 is 14.3 Å². The van der Waals surface area contributed by atoms with Crippen LogP contribution in [0.3, 0.4) is 0 Å². The zero-order chi connectivity index (χ0) is 19.6. The number of carbonyl (C=O) groups is 1. The summed E-state index contributed by atoms with van der Waals surface area (Å²) in [5.74, 6) is 1.91. The predicted octanol–water partition coefficient (Wildman–Crippen LogP) is 2.90. The van der Waals surface area contributed by atoms with Gasteiger partial charge in [-0.3, -0.25) is 4.79 Å². The number of fused-ring (bicyclic) bond motifs is 1. The lowest BCUT2D eigenvalue weighted by molar-refractivity contribution is 0.0727. The summed E-state index contributed by atoms with van der Waals surface area (Å²) in [7, 11) is 3.23. The van der Waals surface area contributed by atoms with Gasteiger partial charge >= 0.3 is 0 Å². The van der Waals surface area contributed by atoms with Gasteiger partial charge in [0.05, 0.1) is 14.2 Å². The molecule has 0 bridgehead atoms. The van der Waals surface area contributed by atoms with E-state index in [9.17, 15) is 4.79 Å². The van der Waals surface area contributed by atoms with Crippen LogP contribution in [0.15, 0.2) is 24.3 Å². The summed E-state index contributed by atoms with van der Waals surface area (Å²) in [5, 5.41) is 11.5. The molecule has 0 unspecified atom stereocenters. The van der Waals surface area contributed by atoms with Crippen LogP contribution >= 0.6 is 0 Å². The van der Waals surface area contributed by atoms with Crippen molar-refractivity contribution in [3.05, 3.63) is 41.1 Å². The van der Waals surface area contributed by atoms with Crippen LogP contribution < -0.4 is 14.8 Å². The quantitative estimate of drug-likeness (QED) is 0.892. The van der Waals surface area contributed by atoms with Gasteiger partial charge in [0.15, 0.2) is 17.2 Å². The van der Waals surface area contributed by atoms with Crippen LogP contribution in [-0.4, -0.2) is 47.3 Å². The van der Waals surface area contributed by atoms with Crippen LogP contribution in [0.1, 0.15) is 42.4 Å². The lowest BCUT2D eigenvalue weighted by Crippen LogP contribution is -2.36. The Bertz CT molecular complexity index is 828. The Morgan fingerprint density at radius 3 is 2.30 bits per heavy atom. The Hall–Kier alpha value is -2.83. The molecule has 0 aliphatic carbocycles. The van der Waals surface area contributed by atoms with E-state index in [0.29, 0.717) is 36.1 Å². The van der Waals surface area contributed by atoms with Gasteiger partial charge in [0, 0.05) is 18.6 Å². The number of aromatic nitrogens is 2. The standard InChI is InChI=1S/C20H26N4O3/c1-20(2,3)21-18-7-6-15(22-23-18)19(25)24-9-8-13-10-16(26-4)17(27-5)11-14(13)12-24/h6-7,10-11H,8-9,12H2,1-5H3,(H,21,23). The molecule has 0 spiro atoms. The summed E-state index contributed by atoms with van der Waals surface area (Å²) in [6, 6.07) is 7.43. The molecule has 1 amide bonds. The average Bonchev–Trinajstić information content (AvgIpc) is 2.65. The molecule has 1 N–H and O–H groups in total. The second kappa shape index (κ2) is 7.42. The van der Waals surface area contributed by atoms with Gasteiger partial charge in [0.2, 0.25) is 0 Å². The third-order valence-electron chi connectivity index (χ3n) is 4.39. The zero-order valence-corrected chi connectivity index (χ0v) is 16.5. The number of nitrogens with zero attached hydrogens (tertiary/aromatic N) is 3. The summed E-state index contributed by atoms with van der Waals surface area (Å²) >= 11 is 0. The summed E-state index contributed by atoms with van der Waals surface area (Å²) in [6.07, 6.45) is 0.762. The Labute approximate surface area is 159 Å². The molecule has 3 rings (SSSR count). The first-order chi connectivity index (χ1) is 12.8. The van der Waals surface area contributed by atoms with E-state index in [0.717, 1.165) is 12.0 Å². The summed E-state index contributed by atoms with van der Waals surface area (Å²) in [6.45, 7) is 7.27. The molecule has 2 heterocycles. The first-order valence-electron chi connectivity index (χ1n) is 8.95. The normalized spacial score (nSPS) is 13.7. The Morgan fingerprint density at radius 1 is 1.07 bits per heavy atom. The Kier molecular flexibility index (Phi) is 5.21. The molecular formula is C20H26N4O3.